The number of nitrogens with zero attached hydrogens (tertiary/aromatic N) is 1. The van der Waals surface area contributed by atoms with E-state index in [9.17, 15) is 18.0 Å². The van der Waals surface area contributed by atoms with E-state index in [1.54, 1.807) is 47.4 Å². The molecule has 0 radical (unpaired) electrons. The summed E-state index contributed by atoms with van der Waals surface area (Å²) in [6.45, 7) is 2.48. The lowest BCUT2D eigenvalue weighted by Crippen LogP contribution is -2.25. The minimum Gasteiger partial charge on any atom is -0.497 e. The average Bonchev–Trinajstić information content (AvgIpc) is 3.17. The van der Waals surface area contributed by atoms with Crippen molar-refractivity contribution in [2.45, 2.75) is 11.8 Å². The van der Waals surface area contributed by atoms with Gasteiger partial charge in [-0.25, -0.2) is 8.42 Å². The van der Waals surface area contributed by atoms with Crippen LogP contribution in [0.25, 0.3) is 10.8 Å². The predicted octanol–water partition coefficient (Wildman–Crippen LogP) is 4.88. The summed E-state index contributed by atoms with van der Waals surface area (Å²) in [4.78, 5) is 27.5. The molecule has 0 fully saturated rings. The van der Waals surface area contributed by atoms with E-state index in [2.05, 4.69) is 10.0 Å². The van der Waals surface area contributed by atoms with Gasteiger partial charge in [0.05, 0.1) is 17.7 Å². The third-order valence-corrected chi connectivity index (χ3v) is 7.52. The molecule has 0 unspecified atom stereocenters. The largest absolute Gasteiger partial charge is 0.497 e. The van der Waals surface area contributed by atoms with Crippen molar-refractivity contribution in [1.29, 1.82) is 0 Å². The van der Waals surface area contributed by atoms with E-state index >= 15 is 0 Å². The van der Waals surface area contributed by atoms with Gasteiger partial charge in [0.25, 0.3) is 21.8 Å². The third kappa shape index (κ3) is 4.03. The summed E-state index contributed by atoms with van der Waals surface area (Å²) in [5.41, 5.74) is 2.73. The van der Waals surface area contributed by atoms with Crippen LogP contribution in [0.2, 0.25) is 0 Å². The number of carbonyl (C=O) groups is 2. The van der Waals surface area contributed by atoms with E-state index in [1.807, 2.05) is 19.1 Å². The Morgan fingerprint density at radius 1 is 0.944 bits per heavy atom. The summed E-state index contributed by atoms with van der Waals surface area (Å²) in [6, 6.07) is 21.3. The first-order valence-electron chi connectivity index (χ1n) is 11.3. The van der Waals surface area contributed by atoms with Crippen LogP contribution in [-0.2, 0) is 10.0 Å². The van der Waals surface area contributed by atoms with Crippen LogP contribution in [0.3, 0.4) is 0 Å². The standard InChI is InChI=1S/C27H23N3O5S/c1-3-30-24-16-15-23(21-5-4-6-22(25(21)24)27(30)32)28-26(31)17-7-9-18(10-8-17)29-36(33,34)20-13-11-19(35-2)12-14-20/h4-16,29H,3H2,1-2H3,(H,28,31). The highest BCUT2D eigenvalue weighted by atomic mass is 32.2. The quantitative estimate of drug-likeness (QED) is 0.376. The summed E-state index contributed by atoms with van der Waals surface area (Å²) in [6.07, 6.45) is 0. The molecule has 0 aromatic heterocycles. The third-order valence-electron chi connectivity index (χ3n) is 6.12. The van der Waals surface area contributed by atoms with E-state index < -0.39 is 10.0 Å². The molecule has 182 valence electrons. The van der Waals surface area contributed by atoms with Gasteiger partial charge in [-0.1, -0.05) is 12.1 Å². The molecule has 1 aliphatic rings. The van der Waals surface area contributed by atoms with Gasteiger partial charge in [-0.3, -0.25) is 14.3 Å². The van der Waals surface area contributed by atoms with Crippen molar-refractivity contribution >= 4 is 49.7 Å². The van der Waals surface area contributed by atoms with Crippen LogP contribution >= 0.6 is 0 Å². The van der Waals surface area contributed by atoms with Gasteiger partial charge in [-0.05, 0) is 73.7 Å². The molecule has 0 saturated carbocycles. The smallest absolute Gasteiger partial charge is 0.261 e. The van der Waals surface area contributed by atoms with Gasteiger partial charge < -0.3 is 15.0 Å². The van der Waals surface area contributed by atoms with Crippen LogP contribution in [0, 0.1) is 0 Å². The zero-order valence-electron chi connectivity index (χ0n) is 19.6. The Kier molecular flexibility index (Phi) is 5.85. The van der Waals surface area contributed by atoms with Gasteiger partial charge in [0.15, 0.2) is 0 Å². The van der Waals surface area contributed by atoms with Crippen molar-refractivity contribution in [1.82, 2.24) is 0 Å². The lowest BCUT2D eigenvalue weighted by Gasteiger charge is -2.15. The summed E-state index contributed by atoms with van der Waals surface area (Å²) in [7, 11) is -2.29. The highest BCUT2D eigenvalue weighted by molar-refractivity contribution is 7.92. The Labute approximate surface area is 208 Å². The van der Waals surface area contributed by atoms with Crippen molar-refractivity contribution < 1.29 is 22.7 Å². The number of nitrogens with one attached hydrogen (secondary N) is 2. The summed E-state index contributed by atoms with van der Waals surface area (Å²) < 4.78 is 32.9. The number of hydrogen-bond acceptors (Lipinski definition) is 5. The second-order valence-electron chi connectivity index (χ2n) is 8.22. The number of rotatable bonds is 7. The fourth-order valence-electron chi connectivity index (χ4n) is 4.32. The van der Waals surface area contributed by atoms with Gasteiger partial charge in [-0.2, -0.15) is 0 Å². The lowest BCUT2D eigenvalue weighted by molar-refractivity contribution is 0.0992. The van der Waals surface area contributed by atoms with Gasteiger partial charge >= 0.3 is 0 Å². The zero-order valence-corrected chi connectivity index (χ0v) is 20.4. The lowest BCUT2D eigenvalue weighted by atomic mass is 10.0. The fourth-order valence-corrected chi connectivity index (χ4v) is 5.38. The van der Waals surface area contributed by atoms with E-state index in [1.165, 1.54) is 31.4 Å². The maximum Gasteiger partial charge on any atom is 0.261 e. The number of ether oxygens (including phenoxy) is 1. The highest BCUT2D eigenvalue weighted by Crippen LogP contribution is 2.40. The molecule has 36 heavy (non-hydrogen) atoms. The molecule has 2 N–H and O–H groups in total. The van der Waals surface area contributed by atoms with Crippen molar-refractivity contribution in [2.24, 2.45) is 0 Å². The second kappa shape index (κ2) is 9.01. The van der Waals surface area contributed by atoms with Crippen LogP contribution in [0.1, 0.15) is 27.6 Å². The normalized spacial score (nSPS) is 12.6. The van der Waals surface area contributed by atoms with Crippen molar-refractivity contribution in [3.63, 3.8) is 0 Å². The molecule has 0 saturated heterocycles. The Bertz CT molecular complexity index is 1600. The van der Waals surface area contributed by atoms with E-state index in [0.717, 1.165) is 16.5 Å². The molecule has 1 heterocycles. The minimum atomic E-state index is -3.80. The maximum absolute atomic E-state index is 13.0. The Balaban J connectivity index is 1.35. The first kappa shape index (κ1) is 23.4. The molecule has 9 heteroatoms. The van der Waals surface area contributed by atoms with E-state index in [4.69, 9.17) is 4.74 Å². The van der Waals surface area contributed by atoms with Crippen LogP contribution in [0.5, 0.6) is 5.75 Å². The minimum absolute atomic E-state index is 0.0470. The number of benzene rings is 4. The molecule has 8 nitrogen and oxygen atoms in total. The van der Waals surface area contributed by atoms with Crippen molar-refractivity contribution in [3.05, 3.63) is 90.0 Å². The SMILES string of the molecule is CCN1C(=O)c2cccc3c(NC(=O)c4ccc(NS(=O)(=O)c5ccc(OC)cc5)cc4)ccc1c23. The number of amides is 2. The van der Waals surface area contributed by atoms with Crippen LogP contribution in [0.4, 0.5) is 17.1 Å². The van der Waals surface area contributed by atoms with E-state index in [0.29, 0.717) is 34.8 Å². The molecule has 5 rings (SSSR count). The maximum atomic E-state index is 13.0. The van der Waals surface area contributed by atoms with Crippen molar-refractivity contribution in [2.75, 3.05) is 28.6 Å². The van der Waals surface area contributed by atoms with Gasteiger partial charge in [0, 0.05) is 39.8 Å². The second-order valence-corrected chi connectivity index (χ2v) is 9.90. The van der Waals surface area contributed by atoms with E-state index in [-0.39, 0.29) is 16.7 Å². The number of sulfonamides is 1. The topological polar surface area (TPSA) is 105 Å². The van der Waals surface area contributed by atoms with Crippen LogP contribution in [-0.4, -0.2) is 33.9 Å². The van der Waals surface area contributed by atoms with Crippen LogP contribution < -0.4 is 19.7 Å². The molecule has 0 atom stereocenters. The summed E-state index contributed by atoms with van der Waals surface area (Å²) >= 11 is 0. The first-order chi connectivity index (χ1) is 17.3. The highest BCUT2D eigenvalue weighted by Gasteiger charge is 2.29. The number of methoxy groups -OCH3 is 1. The Morgan fingerprint density at radius 2 is 1.67 bits per heavy atom. The molecule has 0 aliphatic carbocycles. The summed E-state index contributed by atoms with van der Waals surface area (Å²) in [5, 5.41) is 4.52. The molecule has 2 amide bonds. The van der Waals surface area contributed by atoms with Gasteiger partial charge in [0.1, 0.15) is 5.75 Å². The predicted molar refractivity (Wildman–Crippen MR) is 139 cm³/mol. The Morgan fingerprint density at radius 3 is 2.33 bits per heavy atom. The monoisotopic (exact) mass is 501 g/mol. The summed E-state index contributed by atoms with van der Waals surface area (Å²) in [5.74, 6) is 0.157. The molecule has 1 aliphatic heterocycles. The molecular weight excluding hydrogens is 478 g/mol. The zero-order chi connectivity index (χ0) is 25.4. The number of hydrogen-bond donors (Lipinski definition) is 2. The molecule has 4 aromatic carbocycles. The first-order valence-corrected chi connectivity index (χ1v) is 12.8. The van der Waals surface area contributed by atoms with Crippen LogP contribution in [0.15, 0.2) is 83.8 Å². The van der Waals surface area contributed by atoms with Gasteiger partial charge in [0.2, 0.25) is 0 Å². The average molecular weight is 502 g/mol. The number of carbonyl (C=O) groups excluding carboxylic acids is 2. The van der Waals surface area contributed by atoms with Gasteiger partial charge in [-0.15, -0.1) is 0 Å². The Hall–Kier alpha value is -4.37. The number of anilines is 3. The molecule has 0 spiro atoms. The molecular formula is C27H23N3O5S. The molecule has 4 aromatic rings. The fraction of sp³-hybridized carbons (Fsp3) is 0.111. The molecule has 0 bridgehead atoms. The van der Waals surface area contributed by atoms with Crippen molar-refractivity contribution in [3.8, 4) is 5.75 Å².